The Kier molecular flexibility index (Phi) is 9.24. The molecule has 0 aromatic carbocycles. The molecule has 2 aliphatic rings. The maximum Gasteiger partial charge on any atom is 0.341 e. The summed E-state index contributed by atoms with van der Waals surface area (Å²) in [5.74, 6) is -0.971. The van der Waals surface area contributed by atoms with Gasteiger partial charge in [0.2, 0.25) is 5.95 Å². The molecule has 222 valence electrons. The van der Waals surface area contributed by atoms with E-state index in [0.29, 0.717) is 11.3 Å². The molecule has 1 aliphatic carbocycles. The number of imidazole rings is 1. The van der Waals surface area contributed by atoms with E-state index >= 15 is 0 Å². The van der Waals surface area contributed by atoms with Gasteiger partial charge in [-0.1, -0.05) is 0 Å². The van der Waals surface area contributed by atoms with Crippen LogP contribution in [0.3, 0.4) is 0 Å². The van der Waals surface area contributed by atoms with Crippen LogP contribution >= 0.6 is 7.67 Å². The van der Waals surface area contributed by atoms with Gasteiger partial charge in [-0.3, -0.25) is 18.7 Å². The molecule has 1 aliphatic heterocycles. The Bertz CT molecular complexity index is 1240. The Labute approximate surface area is 229 Å². The van der Waals surface area contributed by atoms with Crippen molar-refractivity contribution in [2.75, 3.05) is 44.0 Å². The molecule has 1 saturated heterocycles. The zero-order chi connectivity index (χ0) is 29.1. The summed E-state index contributed by atoms with van der Waals surface area (Å²) in [7, 11) is -4.07. The minimum atomic E-state index is -4.07. The number of anilines is 2. The zero-order valence-electron chi connectivity index (χ0n) is 22.4. The number of aromatic nitrogens is 4. The number of hydrogen-bond acceptors (Lipinski definition) is 14. The van der Waals surface area contributed by atoms with Crippen LogP contribution in [0.5, 0.6) is 0 Å². The monoisotopic (exact) mass is 586 g/mol. The SMILES string of the molecule is CCOC(=O)CNP(=O)(NCC(=O)OCC)OC[C@H]1O[C@@H](n2cnc3c(NC4CC4)nc(N)nc32)C(C)(O)C1O. The first-order valence-corrected chi connectivity index (χ1v) is 14.5. The number of ether oxygens (including phenoxy) is 3. The maximum atomic E-state index is 13.4. The van der Waals surface area contributed by atoms with Crippen LogP contribution in [0.4, 0.5) is 11.8 Å². The molecule has 3 heterocycles. The zero-order valence-corrected chi connectivity index (χ0v) is 23.3. The van der Waals surface area contributed by atoms with Crippen molar-refractivity contribution in [2.45, 2.75) is 63.7 Å². The quantitative estimate of drug-likeness (QED) is 0.120. The molecule has 40 heavy (non-hydrogen) atoms. The van der Waals surface area contributed by atoms with Gasteiger partial charge in [-0.05, 0) is 33.6 Å². The summed E-state index contributed by atoms with van der Waals surface area (Å²) in [6.07, 6.45) is -0.520. The summed E-state index contributed by atoms with van der Waals surface area (Å²) in [6, 6.07) is 0.266. The lowest BCUT2D eigenvalue weighted by molar-refractivity contribution is -0.142. The Hall–Kier alpha value is -2.92. The Morgan fingerprint density at radius 2 is 1.82 bits per heavy atom. The van der Waals surface area contributed by atoms with Crippen LogP contribution in [-0.4, -0.2) is 98.4 Å². The Morgan fingerprint density at radius 3 is 2.40 bits per heavy atom. The largest absolute Gasteiger partial charge is 0.465 e. The van der Waals surface area contributed by atoms with Crippen molar-refractivity contribution in [1.29, 1.82) is 0 Å². The second-order valence-electron chi connectivity index (χ2n) is 9.50. The molecule has 1 saturated carbocycles. The van der Waals surface area contributed by atoms with Crippen molar-refractivity contribution in [2.24, 2.45) is 0 Å². The van der Waals surface area contributed by atoms with Gasteiger partial charge in [0.15, 0.2) is 23.2 Å². The topological polar surface area (TPSA) is 234 Å². The lowest BCUT2D eigenvalue weighted by Crippen LogP contribution is -2.44. The molecule has 0 spiro atoms. The number of aliphatic hydroxyl groups is 2. The van der Waals surface area contributed by atoms with Gasteiger partial charge in [-0.15, -0.1) is 0 Å². The van der Waals surface area contributed by atoms with Crippen LogP contribution in [-0.2, 0) is 32.9 Å². The molecule has 0 amide bonds. The van der Waals surface area contributed by atoms with Gasteiger partial charge in [-0.2, -0.15) is 9.97 Å². The number of esters is 2. The van der Waals surface area contributed by atoms with E-state index in [1.54, 1.807) is 13.8 Å². The number of aliphatic hydroxyl groups excluding tert-OH is 1. The minimum Gasteiger partial charge on any atom is -0.465 e. The second kappa shape index (κ2) is 12.3. The number of rotatable bonds is 14. The summed E-state index contributed by atoms with van der Waals surface area (Å²) < 4.78 is 35.9. The highest BCUT2D eigenvalue weighted by Crippen LogP contribution is 2.43. The van der Waals surface area contributed by atoms with E-state index in [-0.39, 0.29) is 30.9 Å². The number of carbonyl (C=O) groups excluding carboxylic acids is 2. The number of nitrogen functional groups attached to an aromatic ring is 1. The summed E-state index contributed by atoms with van der Waals surface area (Å²) in [4.78, 5) is 36.5. The summed E-state index contributed by atoms with van der Waals surface area (Å²) >= 11 is 0. The fraction of sp³-hybridized carbons (Fsp3) is 0.682. The highest BCUT2D eigenvalue weighted by Gasteiger charge is 2.54. The average Bonchev–Trinajstić information content (AvgIpc) is 3.57. The lowest BCUT2D eigenvalue weighted by Gasteiger charge is -2.27. The lowest BCUT2D eigenvalue weighted by atomic mass is 9.96. The van der Waals surface area contributed by atoms with Gasteiger partial charge < -0.3 is 40.0 Å². The van der Waals surface area contributed by atoms with Gasteiger partial charge in [0.25, 0.3) is 0 Å². The normalized spacial score (nSPS) is 24.8. The van der Waals surface area contributed by atoms with E-state index in [2.05, 4.69) is 30.4 Å². The molecule has 2 aromatic heterocycles. The van der Waals surface area contributed by atoms with Crippen LogP contribution in [0.15, 0.2) is 6.33 Å². The molecule has 17 nitrogen and oxygen atoms in total. The van der Waals surface area contributed by atoms with E-state index in [1.165, 1.54) is 17.8 Å². The standard InChI is InChI=1S/C22H35N8O9P/c1-4-36-14(31)8-25-40(35,26-9-15(32)37-5-2)38-10-13-17(33)22(3,34)20(39-13)30-11-24-16-18(27-12-6-7-12)28-21(23)29-19(16)30/h11-13,17,20,33-34H,4-10H2,1-3H3,(H2,25,26,35)(H3,23,27,28,29)/t13-,17?,20-,22?/m1/s1. The number of nitrogens with zero attached hydrogens (tertiary/aromatic N) is 4. The van der Waals surface area contributed by atoms with Gasteiger partial charge >= 0.3 is 19.6 Å². The van der Waals surface area contributed by atoms with Gasteiger partial charge in [0, 0.05) is 6.04 Å². The third-order valence-corrected chi connectivity index (χ3v) is 7.92. The average molecular weight is 587 g/mol. The van der Waals surface area contributed by atoms with Crippen LogP contribution in [0.25, 0.3) is 11.2 Å². The van der Waals surface area contributed by atoms with Crippen molar-refractivity contribution in [3.8, 4) is 0 Å². The summed E-state index contributed by atoms with van der Waals surface area (Å²) in [6.45, 7) is 3.32. The Balaban J connectivity index is 1.50. The van der Waals surface area contributed by atoms with E-state index in [4.69, 9.17) is 24.5 Å². The van der Waals surface area contributed by atoms with Gasteiger partial charge in [-0.25, -0.2) is 15.2 Å². The molecule has 18 heteroatoms. The molecule has 4 rings (SSSR count). The predicted octanol–water partition coefficient (Wildman–Crippen LogP) is -0.578. The van der Waals surface area contributed by atoms with E-state index < -0.39 is 63.3 Å². The van der Waals surface area contributed by atoms with Crippen molar-refractivity contribution in [3.63, 3.8) is 0 Å². The van der Waals surface area contributed by atoms with E-state index in [9.17, 15) is 24.4 Å². The number of nitrogens with one attached hydrogen (secondary N) is 3. The number of hydrogen-bond donors (Lipinski definition) is 6. The van der Waals surface area contributed by atoms with Crippen LogP contribution in [0.1, 0.15) is 39.8 Å². The predicted molar refractivity (Wildman–Crippen MR) is 140 cm³/mol. The van der Waals surface area contributed by atoms with Crippen molar-refractivity contribution >= 4 is 42.5 Å². The molecule has 0 bridgehead atoms. The first-order chi connectivity index (χ1) is 19.0. The molecule has 0 radical (unpaired) electrons. The second-order valence-corrected chi connectivity index (χ2v) is 11.5. The minimum absolute atomic E-state index is 0.0169. The fourth-order valence-corrected chi connectivity index (χ4v) is 5.42. The fourth-order valence-electron chi connectivity index (χ4n) is 4.09. The van der Waals surface area contributed by atoms with Crippen LogP contribution < -0.4 is 21.2 Å². The van der Waals surface area contributed by atoms with Gasteiger partial charge in [0.05, 0.1) is 26.1 Å². The highest BCUT2D eigenvalue weighted by molar-refractivity contribution is 7.54. The van der Waals surface area contributed by atoms with E-state index in [0.717, 1.165) is 12.8 Å². The smallest absolute Gasteiger partial charge is 0.341 e. The number of nitrogens with two attached hydrogens (primary N) is 1. The molecule has 2 unspecified atom stereocenters. The van der Waals surface area contributed by atoms with Crippen LogP contribution in [0.2, 0.25) is 0 Å². The van der Waals surface area contributed by atoms with Gasteiger partial charge in [0.1, 0.15) is 30.9 Å². The summed E-state index contributed by atoms with van der Waals surface area (Å²) in [5.41, 5.74) is 4.73. The molecule has 4 atom stereocenters. The highest BCUT2D eigenvalue weighted by atomic mass is 31.2. The molecule has 2 aromatic rings. The molecular weight excluding hydrogens is 551 g/mol. The molecule has 7 N–H and O–H groups in total. The van der Waals surface area contributed by atoms with Crippen molar-refractivity contribution < 1.29 is 43.1 Å². The molecule has 2 fully saturated rings. The molecular formula is C22H35N8O9P. The maximum absolute atomic E-state index is 13.4. The van der Waals surface area contributed by atoms with Crippen molar-refractivity contribution in [3.05, 3.63) is 6.33 Å². The number of carbonyl (C=O) groups is 2. The summed E-state index contributed by atoms with van der Waals surface area (Å²) in [5, 5.41) is 30.2. The van der Waals surface area contributed by atoms with Crippen molar-refractivity contribution in [1.82, 2.24) is 29.7 Å². The Morgan fingerprint density at radius 1 is 1.20 bits per heavy atom. The van der Waals surface area contributed by atoms with Crippen LogP contribution in [0, 0.1) is 0 Å². The third kappa shape index (κ3) is 6.86. The third-order valence-electron chi connectivity index (χ3n) is 6.26. The van der Waals surface area contributed by atoms with E-state index in [1.807, 2.05) is 0 Å². The first-order valence-electron chi connectivity index (χ1n) is 12.9. The first kappa shape index (κ1) is 30.0. The number of fused-ring (bicyclic) bond motifs is 1.